The lowest BCUT2D eigenvalue weighted by Crippen LogP contribution is -2.36. The van der Waals surface area contributed by atoms with Gasteiger partial charge in [-0.2, -0.15) is 0 Å². The van der Waals surface area contributed by atoms with Gasteiger partial charge in [0.25, 0.3) is 0 Å². The molecule has 1 N–H and O–H groups in total. The van der Waals surface area contributed by atoms with Crippen molar-refractivity contribution in [2.45, 2.75) is 6.17 Å². The molecule has 9 rings (SSSR count). The SMILES string of the molecule is c1ccc(C2=NC(c3ccc(-c4ccc5oc6ccccc6c5c4)c4oc5ccccc5c34)N=C(c3ccccc3)N2)cc1. The summed E-state index contributed by atoms with van der Waals surface area (Å²) in [5.41, 5.74) is 8.49. The predicted octanol–water partition coefficient (Wildman–Crippen LogP) is 9.65. The summed E-state index contributed by atoms with van der Waals surface area (Å²) in [6.07, 6.45) is -0.473. The van der Waals surface area contributed by atoms with Gasteiger partial charge in [0.05, 0.1) is 0 Å². The van der Waals surface area contributed by atoms with Gasteiger partial charge in [-0.3, -0.25) is 0 Å². The molecule has 0 radical (unpaired) electrons. The molecular formula is C39H25N3O2. The minimum absolute atomic E-state index is 0.473. The molecule has 5 heteroatoms. The summed E-state index contributed by atoms with van der Waals surface area (Å²) in [6, 6.07) is 47.4. The second-order valence-corrected chi connectivity index (χ2v) is 11.0. The van der Waals surface area contributed by atoms with Crippen LogP contribution in [0.15, 0.2) is 158 Å². The van der Waals surface area contributed by atoms with Crippen molar-refractivity contribution in [2.24, 2.45) is 9.98 Å². The standard InChI is InChI=1S/C39H25N3O2/c1-3-11-24(12-4-1)37-40-38(25-13-5-2-6-14-25)42-39(41-37)30-21-20-27(36-35(30)29-16-8-10-18-33(29)44-36)26-19-22-34-31(23-26)28-15-7-9-17-32(28)43-34/h1-23,39H,(H,40,41,42). The van der Waals surface area contributed by atoms with E-state index < -0.39 is 6.17 Å². The molecule has 0 unspecified atom stereocenters. The molecule has 0 aliphatic carbocycles. The van der Waals surface area contributed by atoms with E-state index in [0.717, 1.165) is 83.4 Å². The van der Waals surface area contributed by atoms with E-state index in [4.69, 9.17) is 18.8 Å². The van der Waals surface area contributed by atoms with Crippen LogP contribution >= 0.6 is 0 Å². The first-order valence-corrected chi connectivity index (χ1v) is 14.7. The van der Waals surface area contributed by atoms with Crippen LogP contribution in [0.2, 0.25) is 0 Å². The highest BCUT2D eigenvalue weighted by Gasteiger charge is 2.25. The van der Waals surface area contributed by atoms with Crippen molar-refractivity contribution in [1.82, 2.24) is 5.32 Å². The van der Waals surface area contributed by atoms with E-state index in [-0.39, 0.29) is 0 Å². The Balaban J connectivity index is 1.28. The number of para-hydroxylation sites is 2. The minimum Gasteiger partial charge on any atom is -0.456 e. The molecule has 2 aromatic heterocycles. The van der Waals surface area contributed by atoms with Crippen molar-refractivity contribution in [3.8, 4) is 11.1 Å². The Morgan fingerprint density at radius 2 is 1.07 bits per heavy atom. The summed E-state index contributed by atoms with van der Waals surface area (Å²) >= 11 is 0. The molecule has 0 spiro atoms. The summed E-state index contributed by atoms with van der Waals surface area (Å²) in [6.45, 7) is 0. The molecule has 0 amide bonds. The van der Waals surface area contributed by atoms with Crippen LogP contribution in [0.25, 0.3) is 55.0 Å². The molecule has 0 bridgehead atoms. The van der Waals surface area contributed by atoms with E-state index in [1.807, 2.05) is 72.8 Å². The van der Waals surface area contributed by atoms with Gasteiger partial charge in [-0.15, -0.1) is 0 Å². The van der Waals surface area contributed by atoms with Gasteiger partial charge < -0.3 is 14.2 Å². The van der Waals surface area contributed by atoms with Gasteiger partial charge in [0, 0.05) is 43.8 Å². The average Bonchev–Trinajstić information content (AvgIpc) is 3.67. The summed E-state index contributed by atoms with van der Waals surface area (Å²) in [5, 5.41) is 7.75. The Bertz CT molecular complexity index is 2360. The van der Waals surface area contributed by atoms with Gasteiger partial charge in [0.1, 0.15) is 34.0 Å². The molecule has 208 valence electrons. The fourth-order valence-corrected chi connectivity index (χ4v) is 6.26. The Hall–Kier alpha value is -5.94. The van der Waals surface area contributed by atoms with Crippen molar-refractivity contribution in [3.05, 3.63) is 156 Å². The number of amidine groups is 2. The second kappa shape index (κ2) is 9.82. The topological polar surface area (TPSA) is 63.0 Å². The Morgan fingerprint density at radius 3 is 1.77 bits per heavy atom. The number of rotatable bonds is 4. The van der Waals surface area contributed by atoms with Gasteiger partial charge in [-0.25, -0.2) is 9.98 Å². The predicted molar refractivity (Wildman–Crippen MR) is 178 cm³/mol. The maximum atomic E-state index is 6.64. The van der Waals surface area contributed by atoms with Crippen molar-refractivity contribution in [3.63, 3.8) is 0 Å². The van der Waals surface area contributed by atoms with Crippen LogP contribution in [0.4, 0.5) is 0 Å². The lowest BCUT2D eigenvalue weighted by atomic mass is 9.96. The zero-order valence-electron chi connectivity index (χ0n) is 23.6. The van der Waals surface area contributed by atoms with Gasteiger partial charge in [0.15, 0.2) is 6.17 Å². The third kappa shape index (κ3) is 3.94. The largest absolute Gasteiger partial charge is 0.456 e. The van der Waals surface area contributed by atoms with Crippen LogP contribution in [0.5, 0.6) is 0 Å². The highest BCUT2D eigenvalue weighted by atomic mass is 16.3. The smallest absolute Gasteiger partial charge is 0.170 e. The van der Waals surface area contributed by atoms with Gasteiger partial charge in [0.2, 0.25) is 0 Å². The van der Waals surface area contributed by atoms with Gasteiger partial charge in [-0.05, 0) is 29.8 Å². The summed E-state index contributed by atoms with van der Waals surface area (Å²) in [4.78, 5) is 10.3. The number of aliphatic imine (C=N–C) groups is 2. The molecule has 0 atom stereocenters. The quantitative estimate of drug-likeness (QED) is 0.230. The van der Waals surface area contributed by atoms with Gasteiger partial charge >= 0.3 is 0 Å². The first-order valence-electron chi connectivity index (χ1n) is 14.7. The molecule has 3 heterocycles. The van der Waals surface area contributed by atoms with Gasteiger partial charge in [-0.1, -0.05) is 115 Å². The Morgan fingerprint density at radius 1 is 0.477 bits per heavy atom. The second-order valence-electron chi connectivity index (χ2n) is 11.0. The highest BCUT2D eigenvalue weighted by molar-refractivity contribution is 6.17. The van der Waals surface area contributed by atoms with E-state index in [2.05, 4.69) is 72.0 Å². The molecule has 8 aromatic rings. The molecular weight excluding hydrogens is 542 g/mol. The molecule has 5 nitrogen and oxygen atoms in total. The molecule has 1 aliphatic rings. The van der Waals surface area contributed by atoms with E-state index in [1.165, 1.54) is 0 Å². The maximum Gasteiger partial charge on any atom is 0.170 e. The number of hydrogen-bond acceptors (Lipinski definition) is 5. The molecule has 0 saturated heterocycles. The summed E-state index contributed by atoms with van der Waals surface area (Å²) in [5.74, 6) is 1.57. The van der Waals surface area contributed by atoms with Crippen molar-refractivity contribution in [2.75, 3.05) is 0 Å². The highest BCUT2D eigenvalue weighted by Crippen LogP contribution is 2.42. The van der Waals surface area contributed by atoms with Crippen LogP contribution in [0, 0.1) is 0 Å². The number of nitrogens with zero attached hydrogens (tertiary/aromatic N) is 2. The Labute approximate surface area is 252 Å². The summed E-state index contributed by atoms with van der Waals surface area (Å²) < 4.78 is 12.7. The molecule has 0 saturated carbocycles. The van der Waals surface area contributed by atoms with Crippen LogP contribution in [-0.2, 0) is 0 Å². The zero-order valence-corrected chi connectivity index (χ0v) is 23.6. The van der Waals surface area contributed by atoms with Crippen LogP contribution in [0.1, 0.15) is 22.9 Å². The van der Waals surface area contributed by atoms with Crippen molar-refractivity contribution in [1.29, 1.82) is 0 Å². The van der Waals surface area contributed by atoms with Crippen LogP contribution < -0.4 is 5.32 Å². The van der Waals surface area contributed by atoms with E-state index in [9.17, 15) is 0 Å². The third-order valence-electron chi connectivity index (χ3n) is 8.36. The normalized spacial score (nSPS) is 13.8. The number of benzene rings is 6. The Kier molecular flexibility index (Phi) is 5.50. The van der Waals surface area contributed by atoms with Crippen molar-refractivity contribution < 1.29 is 8.83 Å². The van der Waals surface area contributed by atoms with Crippen LogP contribution in [0.3, 0.4) is 0 Å². The maximum absolute atomic E-state index is 6.64. The number of nitrogens with one attached hydrogen (secondary N) is 1. The first kappa shape index (κ1) is 24.6. The average molecular weight is 568 g/mol. The number of hydrogen-bond donors (Lipinski definition) is 1. The lowest BCUT2D eigenvalue weighted by Gasteiger charge is -2.23. The van der Waals surface area contributed by atoms with E-state index in [1.54, 1.807) is 0 Å². The van der Waals surface area contributed by atoms with Crippen molar-refractivity contribution >= 4 is 55.5 Å². The molecule has 0 fully saturated rings. The lowest BCUT2D eigenvalue weighted by molar-refractivity contribution is 0.667. The van der Waals surface area contributed by atoms with Crippen LogP contribution in [-0.4, -0.2) is 11.7 Å². The molecule has 6 aromatic carbocycles. The fourth-order valence-electron chi connectivity index (χ4n) is 6.26. The number of fused-ring (bicyclic) bond motifs is 6. The molecule has 44 heavy (non-hydrogen) atoms. The zero-order chi connectivity index (χ0) is 29.0. The van der Waals surface area contributed by atoms with E-state index >= 15 is 0 Å². The monoisotopic (exact) mass is 567 g/mol. The fraction of sp³-hybridized carbons (Fsp3) is 0.0256. The molecule has 1 aliphatic heterocycles. The van der Waals surface area contributed by atoms with E-state index in [0.29, 0.717) is 0 Å². The first-order chi connectivity index (χ1) is 21.8. The summed E-state index contributed by atoms with van der Waals surface area (Å²) in [7, 11) is 0. The minimum atomic E-state index is -0.473. The third-order valence-corrected chi connectivity index (χ3v) is 8.36. The number of furan rings is 2.